The second-order valence-corrected chi connectivity index (χ2v) is 9.71. The summed E-state index contributed by atoms with van der Waals surface area (Å²) in [4.78, 5) is 25.5. The second kappa shape index (κ2) is 8.28. The van der Waals surface area contributed by atoms with Crippen LogP contribution in [0.25, 0.3) is 0 Å². The SMILES string of the molecule is CC1(OC(=O)N2CCC(C3NOC(C4CCNC(C5CNOC5)C4)N3)CC2)CC1. The quantitative estimate of drug-likeness (QED) is 0.539. The van der Waals surface area contributed by atoms with Crippen LogP contribution in [-0.4, -0.2) is 67.8 Å². The largest absolute Gasteiger partial charge is 0.443 e. The maximum atomic E-state index is 12.3. The summed E-state index contributed by atoms with van der Waals surface area (Å²) in [7, 11) is 0. The van der Waals surface area contributed by atoms with E-state index >= 15 is 0 Å². The lowest BCUT2D eigenvalue weighted by molar-refractivity contribution is -0.0281. The van der Waals surface area contributed by atoms with E-state index in [9.17, 15) is 4.79 Å². The van der Waals surface area contributed by atoms with Crippen molar-refractivity contribution >= 4 is 6.09 Å². The topological polar surface area (TPSA) is 96.1 Å². The summed E-state index contributed by atoms with van der Waals surface area (Å²) < 4.78 is 5.61. The Morgan fingerprint density at radius 2 is 1.97 bits per heavy atom. The zero-order chi connectivity index (χ0) is 19.8. The number of likely N-dealkylation sites (tertiary alicyclic amines) is 1. The van der Waals surface area contributed by atoms with Gasteiger partial charge in [-0.1, -0.05) is 0 Å². The van der Waals surface area contributed by atoms with Crippen LogP contribution in [-0.2, 0) is 14.4 Å². The lowest BCUT2D eigenvalue weighted by Crippen LogP contribution is -2.51. The van der Waals surface area contributed by atoms with E-state index in [1.807, 2.05) is 11.8 Å². The van der Waals surface area contributed by atoms with Gasteiger partial charge in [0.2, 0.25) is 0 Å². The van der Waals surface area contributed by atoms with Crippen molar-refractivity contribution in [3.63, 3.8) is 0 Å². The first kappa shape index (κ1) is 20.0. The van der Waals surface area contributed by atoms with E-state index in [0.29, 0.717) is 23.8 Å². The van der Waals surface area contributed by atoms with Crippen LogP contribution < -0.4 is 21.6 Å². The van der Waals surface area contributed by atoms with Crippen LogP contribution in [0.4, 0.5) is 4.79 Å². The fraction of sp³-hybridized carbons (Fsp3) is 0.950. The minimum Gasteiger partial charge on any atom is -0.443 e. The zero-order valence-corrected chi connectivity index (χ0v) is 17.3. The smallest absolute Gasteiger partial charge is 0.410 e. The van der Waals surface area contributed by atoms with Crippen LogP contribution >= 0.6 is 0 Å². The number of ether oxygens (including phenoxy) is 1. The predicted octanol–water partition coefficient (Wildman–Crippen LogP) is 0.683. The van der Waals surface area contributed by atoms with Gasteiger partial charge in [-0.2, -0.15) is 5.48 Å². The van der Waals surface area contributed by atoms with Crippen LogP contribution in [0.1, 0.15) is 45.4 Å². The average Bonchev–Trinajstić information content (AvgIpc) is 3.18. The van der Waals surface area contributed by atoms with Crippen molar-refractivity contribution in [2.75, 3.05) is 32.8 Å². The maximum absolute atomic E-state index is 12.3. The van der Waals surface area contributed by atoms with Gasteiger partial charge in [-0.15, -0.1) is 0 Å². The molecule has 4 N–H and O–H groups in total. The van der Waals surface area contributed by atoms with E-state index in [0.717, 1.165) is 71.3 Å². The molecule has 0 aromatic rings. The Kier molecular flexibility index (Phi) is 5.70. The van der Waals surface area contributed by atoms with Gasteiger partial charge in [0.15, 0.2) is 0 Å². The number of hydrogen-bond acceptors (Lipinski definition) is 8. The number of nitrogens with one attached hydrogen (secondary N) is 4. The van der Waals surface area contributed by atoms with E-state index in [-0.39, 0.29) is 24.1 Å². The molecule has 9 nitrogen and oxygen atoms in total. The van der Waals surface area contributed by atoms with Crippen molar-refractivity contribution in [1.29, 1.82) is 0 Å². The first-order valence-electron chi connectivity index (χ1n) is 11.3. The number of carbonyl (C=O) groups is 1. The third-order valence-electron chi connectivity index (χ3n) is 7.44. The molecule has 0 radical (unpaired) electrons. The number of carbonyl (C=O) groups excluding carboxylic acids is 1. The molecule has 4 saturated heterocycles. The lowest BCUT2D eigenvalue weighted by atomic mass is 9.84. The molecule has 164 valence electrons. The lowest BCUT2D eigenvalue weighted by Gasteiger charge is -2.36. The molecule has 0 spiro atoms. The summed E-state index contributed by atoms with van der Waals surface area (Å²) in [6, 6.07) is 0.482. The molecule has 0 bridgehead atoms. The Bertz CT molecular complexity index is 589. The van der Waals surface area contributed by atoms with Crippen molar-refractivity contribution in [1.82, 2.24) is 26.5 Å². The normalized spacial score (nSPS) is 40.2. The van der Waals surface area contributed by atoms with Gasteiger partial charge in [-0.05, 0) is 57.9 Å². The highest BCUT2D eigenvalue weighted by Gasteiger charge is 2.44. The third-order valence-corrected chi connectivity index (χ3v) is 7.44. The highest BCUT2D eigenvalue weighted by Crippen LogP contribution is 2.39. The van der Waals surface area contributed by atoms with Crippen molar-refractivity contribution in [2.45, 2.75) is 69.5 Å². The summed E-state index contributed by atoms with van der Waals surface area (Å²) in [5, 5.41) is 7.34. The summed E-state index contributed by atoms with van der Waals surface area (Å²) in [6.45, 7) is 6.26. The highest BCUT2D eigenvalue weighted by atomic mass is 16.7. The Morgan fingerprint density at radius 3 is 2.69 bits per heavy atom. The number of hydrogen-bond donors (Lipinski definition) is 4. The second-order valence-electron chi connectivity index (χ2n) is 9.71. The summed E-state index contributed by atoms with van der Waals surface area (Å²) in [5.74, 6) is 1.49. The molecule has 5 fully saturated rings. The van der Waals surface area contributed by atoms with Gasteiger partial charge in [0.1, 0.15) is 11.8 Å². The van der Waals surface area contributed by atoms with E-state index in [1.165, 1.54) is 0 Å². The van der Waals surface area contributed by atoms with Crippen LogP contribution in [0.5, 0.6) is 0 Å². The molecule has 29 heavy (non-hydrogen) atoms. The first-order valence-corrected chi connectivity index (χ1v) is 11.3. The van der Waals surface area contributed by atoms with E-state index < -0.39 is 0 Å². The number of rotatable bonds is 4. The summed E-state index contributed by atoms with van der Waals surface area (Å²) >= 11 is 0. The third kappa shape index (κ3) is 4.55. The van der Waals surface area contributed by atoms with Crippen molar-refractivity contribution in [3.05, 3.63) is 0 Å². The number of hydroxylamine groups is 2. The molecule has 1 saturated carbocycles. The molecule has 5 rings (SSSR count). The Balaban J connectivity index is 1.08. The molecule has 5 atom stereocenters. The van der Waals surface area contributed by atoms with Gasteiger partial charge in [0, 0.05) is 37.5 Å². The van der Waals surface area contributed by atoms with Crippen LogP contribution in [0.3, 0.4) is 0 Å². The molecule has 0 aromatic carbocycles. The van der Waals surface area contributed by atoms with Crippen LogP contribution in [0.2, 0.25) is 0 Å². The van der Waals surface area contributed by atoms with E-state index in [4.69, 9.17) is 14.4 Å². The Morgan fingerprint density at radius 1 is 1.14 bits per heavy atom. The van der Waals surface area contributed by atoms with Gasteiger partial charge < -0.3 is 19.8 Å². The van der Waals surface area contributed by atoms with Crippen LogP contribution in [0.15, 0.2) is 0 Å². The maximum Gasteiger partial charge on any atom is 0.410 e. The fourth-order valence-corrected chi connectivity index (χ4v) is 5.09. The number of piperidine rings is 2. The molecular weight excluding hydrogens is 374 g/mol. The molecule has 4 heterocycles. The van der Waals surface area contributed by atoms with E-state index in [1.54, 1.807) is 0 Å². The first-order chi connectivity index (χ1) is 14.1. The minimum absolute atomic E-state index is 0.0534. The summed E-state index contributed by atoms with van der Waals surface area (Å²) in [5.41, 5.74) is 6.04. The van der Waals surface area contributed by atoms with Crippen molar-refractivity contribution in [3.8, 4) is 0 Å². The molecule has 5 aliphatic rings. The molecule has 4 aliphatic heterocycles. The van der Waals surface area contributed by atoms with Gasteiger partial charge in [-0.25, -0.2) is 10.3 Å². The van der Waals surface area contributed by atoms with E-state index in [2.05, 4.69) is 21.6 Å². The monoisotopic (exact) mass is 409 g/mol. The predicted molar refractivity (Wildman–Crippen MR) is 105 cm³/mol. The molecule has 0 aromatic heterocycles. The molecule has 1 amide bonds. The molecular formula is C20H35N5O4. The standard InChI is InChI=1S/C20H35N5O4/c1-20(5-6-20)28-19(26)25-8-3-13(4-9-25)17-23-18(29-24-17)14-2-7-21-16(10-14)15-11-22-27-12-15/h13-18,21-24H,2-12H2,1H3. The van der Waals surface area contributed by atoms with Gasteiger partial charge in [0.25, 0.3) is 0 Å². The van der Waals surface area contributed by atoms with Gasteiger partial charge in [-0.3, -0.25) is 10.2 Å². The van der Waals surface area contributed by atoms with Crippen LogP contribution in [0, 0.1) is 17.8 Å². The zero-order valence-electron chi connectivity index (χ0n) is 17.3. The van der Waals surface area contributed by atoms with Gasteiger partial charge in [0.05, 0.1) is 12.8 Å². The number of nitrogens with zero attached hydrogens (tertiary/aromatic N) is 1. The van der Waals surface area contributed by atoms with Crippen molar-refractivity contribution < 1.29 is 19.2 Å². The summed E-state index contributed by atoms with van der Waals surface area (Å²) in [6.07, 6.45) is 6.20. The average molecular weight is 410 g/mol. The molecule has 5 unspecified atom stereocenters. The molecule has 9 heteroatoms. The minimum atomic E-state index is -0.197. The van der Waals surface area contributed by atoms with Crippen molar-refractivity contribution in [2.24, 2.45) is 17.8 Å². The number of amides is 1. The molecule has 1 aliphatic carbocycles. The van der Waals surface area contributed by atoms with Gasteiger partial charge >= 0.3 is 6.09 Å². The Labute approximate surface area is 172 Å². The Hall–Kier alpha value is -0.970. The fourth-order valence-electron chi connectivity index (χ4n) is 5.09. The highest BCUT2D eigenvalue weighted by molar-refractivity contribution is 5.68.